The van der Waals surface area contributed by atoms with Crippen molar-refractivity contribution < 1.29 is 19.1 Å². The molecule has 0 atom stereocenters. The molecule has 6 nitrogen and oxygen atoms in total. The SMILES string of the molecule is CC(=O)Nc1ccc2oc(-c3ccc4c(c3)CCO4)c(O)c(=O)c2c1. The van der Waals surface area contributed by atoms with Crippen LogP contribution in [-0.2, 0) is 11.2 Å². The van der Waals surface area contributed by atoms with Crippen LogP contribution in [0.3, 0.4) is 0 Å². The number of rotatable bonds is 2. The van der Waals surface area contributed by atoms with Gasteiger partial charge in [0, 0.05) is 24.6 Å². The van der Waals surface area contributed by atoms with E-state index in [0.717, 1.165) is 17.7 Å². The molecule has 3 aromatic rings. The summed E-state index contributed by atoms with van der Waals surface area (Å²) in [5.41, 5.74) is 1.89. The fourth-order valence-electron chi connectivity index (χ4n) is 2.99. The average Bonchev–Trinajstić information content (AvgIpc) is 3.05. The molecule has 2 N–H and O–H groups in total. The first-order chi connectivity index (χ1) is 12.0. The van der Waals surface area contributed by atoms with Crippen LogP contribution in [0.2, 0.25) is 0 Å². The number of nitrogens with one attached hydrogen (secondary N) is 1. The summed E-state index contributed by atoms with van der Waals surface area (Å²) in [5, 5.41) is 13.2. The second-order valence-electron chi connectivity index (χ2n) is 5.92. The molecule has 126 valence electrons. The molecule has 1 aliphatic heterocycles. The zero-order chi connectivity index (χ0) is 17.6. The Kier molecular flexibility index (Phi) is 3.46. The van der Waals surface area contributed by atoms with E-state index in [1.165, 1.54) is 13.0 Å². The van der Waals surface area contributed by atoms with E-state index in [2.05, 4.69) is 5.32 Å². The molecule has 0 fully saturated rings. The van der Waals surface area contributed by atoms with Crippen LogP contribution in [0.1, 0.15) is 12.5 Å². The van der Waals surface area contributed by atoms with Crippen molar-refractivity contribution in [2.45, 2.75) is 13.3 Å². The summed E-state index contributed by atoms with van der Waals surface area (Å²) in [4.78, 5) is 23.7. The Bertz CT molecular complexity index is 1070. The van der Waals surface area contributed by atoms with Crippen molar-refractivity contribution in [1.29, 1.82) is 0 Å². The van der Waals surface area contributed by atoms with E-state index >= 15 is 0 Å². The molecule has 0 radical (unpaired) electrons. The first-order valence-corrected chi connectivity index (χ1v) is 7.86. The highest BCUT2D eigenvalue weighted by molar-refractivity contribution is 5.92. The second-order valence-corrected chi connectivity index (χ2v) is 5.92. The highest BCUT2D eigenvalue weighted by Crippen LogP contribution is 2.35. The number of carbonyl (C=O) groups is 1. The van der Waals surface area contributed by atoms with Crippen molar-refractivity contribution in [3.63, 3.8) is 0 Å². The van der Waals surface area contributed by atoms with E-state index in [-0.39, 0.29) is 17.1 Å². The fourth-order valence-corrected chi connectivity index (χ4v) is 2.99. The summed E-state index contributed by atoms with van der Waals surface area (Å²) < 4.78 is 11.2. The quantitative estimate of drug-likeness (QED) is 0.750. The van der Waals surface area contributed by atoms with Gasteiger partial charge in [0.15, 0.2) is 5.76 Å². The molecule has 0 aliphatic carbocycles. The molecular formula is C19H15NO5. The predicted octanol–water partition coefficient (Wildman–Crippen LogP) is 3.06. The zero-order valence-electron chi connectivity index (χ0n) is 13.5. The molecule has 2 heterocycles. The number of amides is 1. The lowest BCUT2D eigenvalue weighted by Gasteiger charge is -2.09. The van der Waals surface area contributed by atoms with Gasteiger partial charge in [-0.25, -0.2) is 0 Å². The van der Waals surface area contributed by atoms with Gasteiger partial charge in [-0.2, -0.15) is 0 Å². The van der Waals surface area contributed by atoms with Gasteiger partial charge in [-0.3, -0.25) is 9.59 Å². The molecule has 2 aromatic carbocycles. The maximum atomic E-state index is 12.5. The highest BCUT2D eigenvalue weighted by atomic mass is 16.5. The molecule has 25 heavy (non-hydrogen) atoms. The van der Waals surface area contributed by atoms with E-state index in [4.69, 9.17) is 9.15 Å². The predicted molar refractivity (Wildman–Crippen MR) is 93.1 cm³/mol. The van der Waals surface area contributed by atoms with Crippen LogP contribution in [0.15, 0.2) is 45.6 Å². The molecule has 1 aromatic heterocycles. The van der Waals surface area contributed by atoms with Gasteiger partial charge in [-0.1, -0.05) is 0 Å². The first kappa shape index (κ1) is 15.3. The highest BCUT2D eigenvalue weighted by Gasteiger charge is 2.19. The Hall–Kier alpha value is -3.28. The first-order valence-electron chi connectivity index (χ1n) is 7.86. The third kappa shape index (κ3) is 2.61. The second kappa shape index (κ2) is 5.66. The van der Waals surface area contributed by atoms with Gasteiger partial charge in [0.05, 0.1) is 12.0 Å². The number of ether oxygens (including phenoxy) is 1. The van der Waals surface area contributed by atoms with E-state index in [1.54, 1.807) is 24.3 Å². The minimum absolute atomic E-state index is 0.125. The molecular weight excluding hydrogens is 322 g/mol. The third-order valence-electron chi connectivity index (χ3n) is 4.14. The number of aromatic hydroxyl groups is 1. The fraction of sp³-hybridized carbons (Fsp3) is 0.158. The topological polar surface area (TPSA) is 88.8 Å². The minimum atomic E-state index is -0.541. The van der Waals surface area contributed by atoms with Crippen molar-refractivity contribution in [3.05, 3.63) is 52.2 Å². The van der Waals surface area contributed by atoms with E-state index in [0.29, 0.717) is 23.4 Å². The maximum absolute atomic E-state index is 12.5. The summed E-state index contributed by atoms with van der Waals surface area (Å²) in [7, 11) is 0. The van der Waals surface area contributed by atoms with Gasteiger partial charge in [0.1, 0.15) is 11.3 Å². The summed E-state index contributed by atoms with van der Waals surface area (Å²) in [6.07, 6.45) is 0.780. The molecule has 1 aliphatic rings. The number of fused-ring (bicyclic) bond motifs is 2. The number of anilines is 1. The summed E-state index contributed by atoms with van der Waals surface area (Å²) >= 11 is 0. The number of hydrogen-bond acceptors (Lipinski definition) is 5. The Morgan fingerprint density at radius 1 is 1.20 bits per heavy atom. The Morgan fingerprint density at radius 2 is 2.04 bits per heavy atom. The van der Waals surface area contributed by atoms with Gasteiger partial charge in [0.25, 0.3) is 0 Å². The molecule has 1 amide bonds. The normalized spacial score (nSPS) is 12.7. The molecule has 0 saturated carbocycles. The van der Waals surface area contributed by atoms with Crippen LogP contribution in [0.5, 0.6) is 11.5 Å². The summed E-state index contributed by atoms with van der Waals surface area (Å²) in [6, 6.07) is 10.1. The van der Waals surface area contributed by atoms with Crippen LogP contribution in [0.25, 0.3) is 22.3 Å². The molecule has 0 unspecified atom stereocenters. The number of hydrogen-bond donors (Lipinski definition) is 2. The van der Waals surface area contributed by atoms with Gasteiger partial charge in [-0.15, -0.1) is 0 Å². The monoisotopic (exact) mass is 337 g/mol. The third-order valence-corrected chi connectivity index (χ3v) is 4.14. The van der Waals surface area contributed by atoms with Crippen molar-refractivity contribution in [2.75, 3.05) is 11.9 Å². The van der Waals surface area contributed by atoms with Crippen LogP contribution in [0.4, 0.5) is 5.69 Å². The lowest BCUT2D eigenvalue weighted by atomic mass is 10.0. The van der Waals surface area contributed by atoms with Crippen LogP contribution in [-0.4, -0.2) is 17.6 Å². The molecule has 6 heteroatoms. The summed E-state index contributed by atoms with van der Waals surface area (Å²) in [6.45, 7) is 2.00. The zero-order valence-corrected chi connectivity index (χ0v) is 13.5. The Balaban J connectivity index is 1.87. The average molecular weight is 337 g/mol. The largest absolute Gasteiger partial charge is 0.502 e. The van der Waals surface area contributed by atoms with Gasteiger partial charge in [0.2, 0.25) is 17.1 Å². The smallest absolute Gasteiger partial charge is 0.235 e. The molecule has 0 saturated heterocycles. The van der Waals surface area contributed by atoms with E-state index in [9.17, 15) is 14.7 Å². The molecule has 0 bridgehead atoms. The van der Waals surface area contributed by atoms with E-state index < -0.39 is 11.2 Å². The van der Waals surface area contributed by atoms with Crippen molar-refractivity contribution in [2.24, 2.45) is 0 Å². The van der Waals surface area contributed by atoms with Crippen LogP contribution in [0, 0.1) is 0 Å². The van der Waals surface area contributed by atoms with Crippen molar-refractivity contribution in [1.82, 2.24) is 0 Å². The van der Waals surface area contributed by atoms with Crippen LogP contribution >= 0.6 is 0 Å². The van der Waals surface area contributed by atoms with Crippen LogP contribution < -0.4 is 15.5 Å². The lowest BCUT2D eigenvalue weighted by Crippen LogP contribution is -2.07. The van der Waals surface area contributed by atoms with Crippen molar-refractivity contribution in [3.8, 4) is 22.8 Å². The lowest BCUT2D eigenvalue weighted by molar-refractivity contribution is -0.114. The Labute approximate surface area is 142 Å². The molecule has 0 spiro atoms. The number of carbonyl (C=O) groups excluding carboxylic acids is 1. The van der Waals surface area contributed by atoms with Gasteiger partial charge in [-0.05, 0) is 42.0 Å². The number of benzene rings is 2. The standard InChI is InChI=1S/C19H15NO5/c1-10(21)20-13-3-5-16-14(9-13)17(22)18(23)19(25-16)12-2-4-15-11(8-12)6-7-24-15/h2-5,8-9,23H,6-7H2,1H3,(H,20,21). The molecule has 4 rings (SSSR count). The van der Waals surface area contributed by atoms with Crippen molar-refractivity contribution >= 4 is 22.6 Å². The maximum Gasteiger partial charge on any atom is 0.235 e. The van der Waals surface area contributed by atoms with Gasteiger partial charge >= 0.3 is 0 Å². The Morgan fingerprint density at radius 3 is 2.84 bits per heavy atom. The minimum Gasteiger partial charge on any atom is -0.502 e. The van der Waals surface area contributed by atoms with E-state index in [1.807, 2.05) is 6.07 Å². The summed E-state index contributed by atoms with van der Waals surface area (Å²) in [5.74, 6) is 0.238. The van der Waals surface area contributed by atoms with Gasteiger partial charge < -0.3 is 19.6 Å².